The van der Waals surface area contributed by atoms with Crippen LogP contribution in [0.2, 0.25) is 0 Å². The molecule has 1 N–H and O–H groups in total. The topological polar surface area (TPSA) is 77.4 Å². The monoisotopic (exact) mass is 524 g/mol. The maximum Gasteiger partial charge on any atom is 0.268 e. The number of hydrogen-bond donors (Lipinski definition) is 1. The molecule has 7 heteroatoms. The molecule has 0 saturated carbocycles. The zero-order valence-electron chi connectivity index (χ0n) is 20.9. The lowest BCUT2D eigenvalue weighted by atomic mass is 9.96. The second kappa shape index (κ2) is 11.0. The van der Waals surface area contributed by atoms with E-state index in [1.807, 2.05) is 48.5 Å². The molecule has 0 bridgehead atoms. The normalized spacial score (nSPS) is 12.3. The zero-order chi connectivity index (χ0) is 26.5. The predicted octanol–water partition coefficient (Wildman–Crippen LogP) is 5.64. The van der Waals surface area contributed by atoms with E-state index in [0.717, 1.165) is 21.5 Å². The largest absolute Gasteiger partial charge is 0.495 e. The van der Waals surface area contributed by atoms with E-state index in [0.29, 0.717) is 28.8 Å². The van der Waals surface area contributed by atoms with Crippen molar-refractivity contribution in [3.05, 3.63) is 132 Å². The van der Waals surface area contributed by atoms with Crippen molar-refractivity contribution < 1.29 is 17.9 Å². The molecule has 5 aromatic rings. The smallest absolute Gasteiger partial charge is 0.268 e. The first kappa shape index (κ1) is 25.4. The van der Waals surface area contributed by atoms with Gasteiger partial charge >= 0.3 is 0 Å². The molecule has 0 saturated heterocycles. The summed E-state index contributed by atoms with van der Waals surface area (Å²) in [5.74, 6) is 0.152. The van der Waals surface area contributed by atoms with Gasteiger partial charge in [-0.1, -0.05) is 91.0 Å². The van der Waals surface area contributed by atoms with Crippen LogP contribution in [0.4, 0.5) is 0 Å². The minimum atomic E-state index is -3.99. The summed E-state index contributed by atoms with van der Waals surface area (Å²) in [5.41, 5.74) is 2.60. The van der Waals surface area contributed by atoms with Crippen LogP contribution < -0.4 is 10.1 Å². The first-order chi connectivity index (χ1) is 18.5. The Labute approximate surface area is 222 Å². The molecule has 1 heterocycles. The number of ketones is 1. The van der Waals surface area contributed by atoms with Gasteiger partial charge in [-0.25, -0.2) is 12.4 Å². The summed E-state index contributed by atoms with van der Waals surface area (Å²) in [6.07, 6.45) is 2.17. The first-order valence-corrected chi connectivity index (χ1v) is 13.8. The molecule has 0 amide bonds. The van der Waals surface area contributed by atoms with Crippen LogP contribution in [0.1, 0.15) is 27.5 Å². The summed E-state index contributed by atoms with van der Waals surface area (Å²) in [6, 6.07) is 32.3. The number of ether oxygens (including phenoxy) is 1. The molecule has 1 unspecified atom stereocenters. The number of nitrogens with zero attached hydrogens (tertiary/aromatic N) is 1. The van der Waals surface area contributed by atoms with E-state index in [1.54, 1.807) is 36.4 Å². The fraction of sp³-hybridized carbons (Fsp3) is 0.129. The lowest BCUT2D eigenvalue weighted by Gasteiger charge is -2.18. The quantitative estimate of drug-likeness (QED) is 0.239. The summed E-state index contributed by atoms with van der Waals surface area (Å²) < 4.78 is 34.1. The minimum absolute atomic E-state index is 0.127. The third kappa shape index (κ3) is 4.98. The Hall–Kier alpha value is -4.20. The number of benzene rings is 4. The van der Waals surface area contributed by atoms with Gasteiger partial charge in [-0.3, -0.25) is 4.79 Å². The summed E-state index contributed by atoms with van der Waals surface area (Å²) in [7, 11) is -2.50. The summed E-state index contributed by atoms with van der Waals surface area (Å²) >= 11 is 0. The molecule has 0 aliphatic heterocycles. The molecule has 0 radical (unpaired) electrons. The fourth-order valence-electron chi connectivity index (χ4n) is 4.64. The average Bonchev–Trinajstić information content (AvgIpc) is 3.37. The second-order valence-electron chi connectivity index (χ2n) is 8.91. The molecule has 0 aliphatic carbocycles. The Kier molecular flexibility index (Phi) is 7.40. The maximum absolute atomic E-state index is 14.2. The molecule has 38 heavy (non-hydrogen) atoms. The van der Waals surface area contributed by atoms with Crippen molar-refractivity contribution in [2.24, 2.45) is 0 Å². The van der Waals surface area contributed by atoms with E-state index < -0.39 is 16.1 Å². The standard InChI is InChI=1S/C31H28N2O4S/c1-37-28-19-11-18-26-27(22-33(30(26)28)38(35,36)25-16-9-4-10-17-25)31(34)29(24-14-7-3-8-15-24)32-21-20-23-12-5-2-6-13-23/h2-19,22,29,32H,20-21H2,1H3. The van der Waals surface area contributed by atoms with Gasteiger partial charge in [0.2, 0.25) is 0 Å². The number of methoxy groups -OCH3 is 1. The van der Waals surface area contributed by atoms with E-state index in [4.69, 9.17) is 4.74 Å². The summed E-state index contributed by atoms with van der Waals surface area (Å²) in [4.78, 5) is 14.3. The Morgan fingerprint density at radius 3 is 2.13 bits per heavy atom. The minimum Gasteiger partial charge on any atom is -0.495 e. The molecule has 5 rings (SSSR count). The van der Waals surface area contributed by atoms with Crippen molar-refractivity contribution in [1.82, 2.24) is 9.29 Å². The number of para-hydroxylation sites is 1. The second-order valence-corrected chi connectivity index (χ2v) is 10.7. The highest BCUT2D eigenvalue weighted by Crippen LogP contribution is 2.34. The molecule has 0 aliphatic rings. The van der Waals surface area contributed by atoms with Crippen LogP contribution in [-0.2, 0) is 16.4 Å². The summed E-state index contributed by atoms with van der Waals surface area (Å²) in [5, 5.41) is 3.93. The molecule has 0 fully saturated rings. The first-order valence-electron chi connectivity index (χ1n) is 12.4. The molecule has 1 atom stereocenters. The van der Waals surface area contributed by atoms with Crippen LogP contribution in [0.5, 0.6) is 5.75 Å². The third-order valence-electron chi connectivity index (χ3n) is 6.54. The van der Waals surface area contributed by atoms with Crippen molar-refractivity contribution in [2.75, 3.05) is 13.7 Å². The average molecular weight is 525 g/mol. The van der Waals surface area contributed by atoms with Gasteiger partial charge in [-0.15, -0.1) is 0 Å². The van der Waals surface area contributed by atoms with E-state index in [-0.39, 0.29) is 10.7 Å². The number of Topliss-reactive ketones (excluding diaryl/α,β-unsaturated/α-hetero) is 1. The Morgan fingerprint density at radius 2 is 1.47 bits per heavy atom. The van der Waals surface area contributed by atoms with Gasteiger partial charge in [0.25, 0.3) is 10.0 Å². The summed E-state index contributed by atoms with van der Waals surface area (Å²) in [6.45, 7) is 0.569. The van der Waals surface area contributed by atoms with Crippen LogP contribution in [-0.4, -0.2) is 31.8 Å². The van der Waals surface area contributed by atoms with Crippen molar-refractivity contribution in [3.63, 3.8) is 0 Å². The van der Waals surface area contributed by atoms with Crippen LogP contribution in [0.3, 0.4) is 0 Å². The number of rotatable bonds is 10. The third-order valence-corrected chi connectivity index (χ3v) is 8.22. The van der Waals surface area contributed by atoms with Crippen LogP contribution in [0.15, 0.2) is 120 Å². The maximum atomic E-state index is 14.2. The fourth-order valence-corrected chi connectivity index (χ4v) is 6.04. The molecular formula is C31H28N2O4S. The lowest BCUT2D eigenvalue weighted by molar-refractivity contribution is 0.0945. The molecule has 4 aromatic carbocycles. The van der Waals surface area contributed by atoms with E-state index in [2.05, 4.69) is 17.4 Å². The van der Waals surface area contributed by atoms with Crippen molar-refractivity contribution in [3.8, 4) is 5.75 Å². The van der Waals surface area contributed by atoms with Crippen molar-refractivity contribution in [2.45, 2.75) is 17.4 Å². The Bertz CT molecular complexity index is 1650. The highest BCUT2D eigenvalue weighted by molar-refractivity contribution is 7.90. The number of carbonyl (C=O) groups excluding carboxylic acids is 1. The highest BCUT2D eigenvalue weighted by atomic mass is 32.2. The van der Waals surface area contributed by atoms with Crippen molar-refractivity contribution in [1.29, 1.82) is 0 Å². The Balaban J connectivity index is 1.59. The van der Waals surface area contributed by atoms with E-state index in [9.17, 15) is 13.2 Å². The molecule has 192 valence electrons. The lowest BCUT2D eigenvalue weighted by Crippen LogP contribution is -2.30. The number of nitrogens with one attached hydrogen (secondary N) is 1. The van der Waals surface area contributed by atoms with Crippen molar-refractivity contribution >= 4 is 26.7 Å². The Morgan fingerprint density at radius 1 is 0.842 bits per heavy atom. The number of fused-ring (bicyclic) bond motifs is 1. The van der Waals surface area contributed by atoms with Gasteiger partial charge in [0.1, 0.15) is 11.3 Å². The van der Waals surface area contributed by atoms with Gasteiger partial charge in [0, 0.05) is 23.7 Å². The zero-order valence-corrected chi connectivity index (χ0v) is 21.8. The van der Waals surface area contributed by atoms with Gasteiger partial charge in [-0.05, 0) is 35.7 Å². The number of hydrogen-bond acceptors (Lipinski definition) is 5. The van der Waals surface area contributed by atoms with Crippen LogP contribution >= 0.6 is 0 Å². The highest BCUT2D eigenvalue weighted by Gasteiger charge is 2.29. The van der Waals surface area contributed by atoms with Crippen LogP contribution in [0, 0.1) is 0 Å². The van der Waals surface area contributed by atoms with E-state index >= 15 is 0 Å². The number of aromatic nitrogens is 1. The van der Waals surface area contributed by atoms with Gasteiger partial charge in [0.15, 0.2) is 5.78 Å². The van der Waals surface area contributed by atoms with Gasteiger partial charge in [-0.2, -0.15) is 0 Å². The predicted molar refractivity (Wildman–Crippen MR) is 149 cm³/mol. The van der Waals surface area contributed by atoms with Gasteiger partial charge < -0.3 is 10.1 Å². The molecule has 1 aromatic heterocycles. The van der Waals surface area contributed by atoms with Gasteiger partial charge in [0.05, 0.1) is 18.0 Å². The SMILES string of the molecule is COc1cccc2c(C(=O)C(NCCc3ccccc3)c3ccccc3)cn(S(=O)(=O)c3ccccc3)c12. The molecular weight excluding hydrogens is 496 g/mol. The molecule has 6 nitrogen and oxygen atoms in total. The van der Waals surface area contributed by atoms with Crippen LogP contribution in [0.25, 0.3) is 10.9 Å². The molecule has 0 spiro atoms. The van der Waals surface area contributed by atoms with E-state index in [1.165, 1.54) is 25.4 Å². The number of carbonyl (C=O) groups is 1.